The van der Waals surface area contributed by atoms with E-state index in [1.54, 1.807) is 0 Å². The topological polar surface area (TPSA) is 111 Å². The average Bonchev–Trinajstić information content (AvgIpc) is 2.28. The Bertz CT molecular complexity index is 761. The molecule has 0 saturated heterocycles. The van der Waals surface area contributed by atoms with Crippen molar-refractivity contribution in [1.29, 1.82) is 0 Å². The van der Waals surface area contributed by atoms with Crippen molar-refractivity contribution in [2.45, 2.75) is 4.90 Å². The average molecular weight is 366 g/mol. The van der Waals surface area contributed by atoms with E-state index in [2.05, 4.69) is 0 Å². The SMILES string of the molecule is O=[N+]([O-])c1cc(F)c(Cl)cc1S(=O)(=O)CCS(=O)(=O)Cl. The van der Waals surface area contributed by atoms with Gasteiger partial charge in [0.1, 0.15) is 10.7 Å². The summed E-state index contributed by atoms with van der Waals surface area (Å²) in [6.45, 7) is 0. The molecule has 0 aliphatic carbocycles. The summed E-state index contributed by atoms with van der Waals surface area (Å²) in [5, 5.41) is 10.1. The van der Waals surface area contributed by atoms with Gasteiger partial charge in [-0.05, 0) is 6.07 Å². The van der Waals surface area contributed by atoms with Crippen molar-refractivity contribution in [3.05, 3.63) is 33.1 Å². The van der Waals surface area contributed by atoms with Crippen LogP contribution in [-0.2, 0) is 18.9 Å². The molecule has 0 aliphatic rings. The number of rotatable bonds is 5. The minimum absolute atomic E-state index is 0.352. The summed E-state index contributed by atoms with van der Waals surface area (Å²) in [4.78, 5) is 8.74. The van der Waals surface area contributed by atoms with Gasteiger partial charge in [0.05, 0.1) is 27.5 Å². The molecule has 12 heteroatoms. The van der Waals surface area contributed by atoms with Crippen molar-refractivity contribution >= 4 is 46.9 Å². The highest BCUT2D eigenvalue weighted by molar-refractivity contribution is 8.14. The zero-order valence-corrected chi connectivity index (χ0v) is 12.6. The second-order valence-corrected chi connectivity index (χ2v) is 8.93. The standard InChI is InChI=1S/C8H6Cl2FNO6S2/c9-5-3-8(7(12(13)14)4-6(5)11)19(15,16)1-2-20(10,17)18/h3-4H,1-2H2. The highest BCUT2D eigenvalue weighted by atomic mass is 35.7. The van der Waals surface area contributed by atoms with Gasteiger partial charge >= 0.3 is 0 Å². The second kappa shape index (κ2) is 5.80. The van der Waals surface area contributed by atoms with E-state index in [4.69, 9.17) is 22.3 Å². The summed E-state index contributed by atoms with van der Waals surface area (Å²) in [6, 6.07) is 0.912. The lowest BCUT2D eigenvalue weighted by molar-refractivity contribution is -0.388. The highest BCUT2D eigenvalue weighted by Gasteiger charge is 2.29. The number of halogens is 3. The van der Waals surface area contributed by atoms with Crippen LogP contribution in [0.3, 0.4) is 0 Å². The van der Waals surface area contributed by atoms with Crippen molar-refractivity contribution in [3.63, 3.8) is 0 Å². The van der Waals surface area contributed by atoms with Gasteiger partial charge in [0, 0.05) is 10.7 Å². The summed E-state index contributed by atoms with van der Waals surface area (Å²) in [5.74, 6) is -3.09. The monoisotopic (exact) mass is 365 g/mol. The Labute approximate surface area is 122 Å². The zero-order chi connectivity index (χ0) is 15.7. The molecule has 0 bridgehead atoms. The lowest BCUT2D eigenvalue weighted by atomic mass is 10.3. The van der Waals surface area contributed by atoms with Gasteiger partial charge in [0.25, 0.3) is 5.69 Å². The summed E-state index contributed by atoms with van der Waals surface area (Å²) in [7, 11) is -3.59. The van der Waals surface area contributed by atoms with Crippen LogP contribution < -0.4 is 0 Å². The van der Waals surface area contributed by atoms with Crippen molar-refractivity contribution in [1.82, 2.24) is 0 Å². The zero-order valence-electron chi connectivity index (χ0n) is 9.42. The maximum absolute atomic E-state index is 13.1. The first-order chi connectivity index (χ1) is 8.94. The van der Waals surface area contributed by atoms with Crippen LogP contribution in [0.1, 0.15) is 0 Å². The van der Waals surface area contributed by atoms with Crippen LogP contribution in [0.5, 0.6) is 0 Å². The van der Waals surface area contributed by atoms with E-state index in [1.807, 2.05) is 0 Å². The van der Waals surface area contributed by atoms with Gasteiger partial charge in [-0.1, -0.05) is 11.6 Å². The van der Waals surface area contributed by atoms with Crippen LogP contribution in [0.15, 0.2) is 17.0 Å². The molecule has 1 rings (SSSR count). The Morgan fingerprint density at radius 1 is 1.20 bits per heavy atom. The van der Waals surface area contributed by atoms with Crippen molar-refractivity contribution in [3.8, 4) is 0 Å². The molecule has 0 amide bonds. The Hall–Kier alpha value is -0.970. The Balaban J connectivity index is 3.37. The minimum Gasteiger partial charge on any atom is -0.258 e. The molecular formula is C8H6Cl2FNO6S2. The van der Waals surface area contributed by atoms with E-state index in [9.17, 15) is 31.3 Å². The Kier molecular flexibility index (Phi) is 4.95. The molecule has 7 nitrogen and oxygen atoms in total. The molecule has 0 aliphatic heterocycles. The number of nitrogens with zero attached hydrogens (tertiary/aromatic N) is 1. The molecular weight excluding hydrogens is 360 g/mol. The number of nitro groups is 1. The van der Waals surface area contributed by atoms with Gasteiger partial charge in [-0.15, -0.1) is 0 Å². The molecule has 0 unspecified atom stereocenters. The van der Waals surface area contributed by atoms with Crippen LogP contribution in [0, 0.1) is 15.9 Å². The number of hydrogen-bond acceptors (Lipinski definition) is 6. The lowest BCUT2D eigenvalue weighted by Gasteiger charge is -2.05. The minimum atomic E-state index is -4.36. The quantitative estimate of drug-likeness (QED) is 0.340. The van der Waals surface area contributed by atoms with Crippen molar-refractivity contribution in [2.24, 2.45) is 0 Å². The van der Waals surface area contributed by atoms with Crippen LogP contribution in [0.4, 0.5) is 10.1 Å². The first-order valence-corrected chi connectivity index (χ1v) is 9.23. The summed E-state index contributed by atoms with van der Waals surface area (Å²) >= 11 is 5.38. The molecule has 0 spiro atoms. The molecule has 0 saturated carbocycles. The van der Waals surface area contributed by atoms with Crippen LogP contribution in [-0.4, -0.2) is 33.3 Å². The molecule has 0 fully saturated rings. The van der Waals surface area contributed by atoms with Gasteiger partial charge in [0.15, 0.2) is 9.84 Å². The number of benzene rings is 1. The molecule has 0 N–H and O–H groups in total. The van der Waals surface area contributed by atoms with Gasteiger partial charge in [-0.3, -0.25) is 10.1 Å². The molecule has 1 aromatic carbocycles. The third-order valence-electron chi connectivity index (χ3n) is 2.13. The van der Waals surface area contributed by atoms with Gasteiger partial charge in [-0.2, -0.15) is 0 Å². The van der Waals surface area contributed by atoms with Gasteiger partial charge < -0.3 is 0 Å². The Morgan fingerprint density at radius 2 is 1.75 bits per heavy atom. The molecule has 0 atom stereocenters. The fourth-order valence-electron chi connectivity index (χ4n) is 1.23. The molecule has 1 aromatic rings. The third-order valence-corrected chi connectivity index (χ3v) is 5.57. The van der Waals surface area contributed by atoms with Gasteiger partial charge in [-0.25, -0.2) is 21.2 Å². The lowest BCUT2D eigenvalue weighted by Crippen LogP contribution is -2.15. The number of hydrogen-bond donors (Lipinski definition) is 0. The van der Waals surface area contributed by atoms with E-state index in [-0.39, 0.29) is 0 Å². The summed E-state index contributed by atoms with van der Waals surface area (Å²) in [6.07, 6.45) is 0. The Morgan fingerprint density at radius 3 is 2.20 bits per heavy atom. The van der Waals surface area contributed by atoms with E-state index in [0.29, 0.717) is 12.1 Å². The largest absolute Gasteiger partial charge is 0.291 e. The molecule has 0 radical (unpaired) electrons. The normalized spacial score (nSPS) is 12.3. The van der Waals surface area contributed by atoms with E-state index in [1.165, 1.54) is 0 Å². The maximum atomic E-state index is 13.1. The van der Waals surface area contributed by atoms with Crippen LogP contribution in [0.25, 0.3) is 0 Å². The molecule has 0 heterocycles. The predicted octanol–water partition coefficient (Wildman–Crippen LogP) is 1.73. The smallest absolute Gasteiger partial charge is 0.258 e. The fraction of sp³-hybridized carbons (Fsp3) is 0.250. The van der Waals surface area contributed by atoms with E-state index in [0.717, 1.165) is 0 Å². The summed E-state index contributed by atoms with van der Waals surface area (Å²) in [5.41, 5.74) is -1.03. The summed E-state index contributed by atoms with van der Waals surface area (Å²) < 4.78 is 58.3. The van der Waals surface area contributed by atoms with Crippen molar-refractivity contribution < 1.29 is 26.1 Å². The second-order valence-electron chi connectivity index (χ2n) is 3.55. The maximum Gasteiger partial charge on any atom is 0.291 e. The van der Waals surface area contributed by atoms with Gasteiger partial charge in [0.2, 0.25) is 9.05 Å². The first kappa shape index (κ1) is 17.1. The molecule has 112 valence electrons. The number of sulfone groups is 1. The predicted molar refractivity (Wildman–Crippen MR) is 69.8 cm³/mol. The van der Waals surface area contributed by atoms with E-state index < -0.39 is 56.7 Å². The number of nitro benzene ring substituents is 1. The van der Waals surface area contributed by atoms with E-state index >= 15 is 0 Å². The van der Waals surface area contributed by atoms with Crippen LogP contribution in [0.2, 0.25) is 5.02 Å². The fourth-order valence-corrected chi connectivity index (χ4v) is 4.67. The molecule has 20 heavy (non-hydrogen) atoms. The third kappa shape index (κ3) is 4.27. The van der Waals surface area contributed by atoms with Crippen LogP contribution >= 0.6 is 22.3 Å². The van der Waals surface area contributed by atoms with Crippen molar-refractivity contribution in [2.75, 3.05) is 11.5 Å². The molecule has 0 aromatic heterocycles. The first-order valence-electron chi connectivity index (χ1n) is 4.72. The highest BCUT2D eigenvalue weighted by Crippen LogP contribution is 2.30.